The summed E-state index contributed by atoms with van der Waals surface area (Å²) in [4.78, 5) is 12.0. The number of hydrogen-bond acceptors (Lipinski definition) is 5. The lowest BCUT2D eigenvalue weighted by Gasteiger charge is -2.41. The largest absolute Gasteiger partial charge is 0.444 e. The molecule has 0 heterocycles. The van der Waals surface area contributed by atoms with Crippen molar-refractivity contribution in [2.45, 2.75) is 104 Å². The fraction of sp³-hybridized carbons (Fsp3) is 0.950. The van der Waals surface area contributed by atoms with Crippen molar-refractivity contribution in [1.29, 1.82) is 0 Å². The second-order valence-electron chi connectivity index (χ2n) is 10.4. The predicted molar refractivity (Wildman–Crippen MR) is 112 cm³/mol. The second-order valence-corrected chi connectivity index (χ2v) is 15.1. The average molecular weight is 406 g/mol. The molecule has 0 rings (SSSR count). The smallest absolute Gasteiger partial charge is 0.409 e. The van der Waals surface area contributed by atoms with Crippen LogP contribution in [0.4, 0.5) is 4.79 Å². The van der Waals surface area contributed by atoms with Crippen LogP contribution in [-0.2, 0) is 13.9 Å². The summed E-state index contributed by atoms with van der Waals surface area (Å²) in [5.41, 5.74) is -1.41. The SMILES string of the molecule is C[C@@H](CO)[C@H](CCOC(C)(C)NC(=O)OC(C)(C)C)O[Si](C)(C)C(C)(C)C. The van der Waals surface area contributed by atoms with Crippen molar-refractivity contribution >= 4 is 14.4 Å². The molecule has 0 aliphatic rings. The highest BCUT2D eigenvalue weighted by Crippen LogP contribution is 2.38. The lowest BCUT2D eigenvalue weighted by molar-refractivity contribution is -0.0607. The number of nitrogens with one attached hydrogen (secondary N) is 1. The molecular formula is C20H43NO5Si. The van der Waals surface area contributed by atoms with Gasteiger partial charge in [-0.3, -0.25) is 5.32 Å². The quantitative estimate of drug-likeness (QED) is 0.430. The third-order valence-electron chi connectivity index (χ3n) is 4.84. The van der Waals surface area contributed by atoms with E-state index < -0.39 is 25.7 Å². The van der Waals surface area contributed by atoms with E-state index in [1.54, 1.807) is 13.8 Å². The molecular weight excluding hydrogens is 362 g/mol. The molecule has 6 nitrogen and oxygen atoms in total. The zero-order chi connectivity index (χ0) is 21.7. The zero-order valence-corrected chi connectivity index (χ0v) is 20.4. The van der Waals surface area contributed by atoms with Gasteiger partial charge in [-0.2, -0.15) is 0 Å². The fourth-order valence-electron chi connectivity index (χ4n) is 2.15. The Bertz CT molecular complexity index is 466. The number of amides is 1. The monoisotopic (exact) mass is 405 g/mol. The maximum absolute atomic E-state index is 12.0. The third kappa shape index (κ3) is 10.5. The van der Waals surface area contributed by atoms with Crippen molar-refractivity contribution in [2.75, 3.05) is 13.2 Å². The lowest BCUT2D eigenvalue weighted by Crippen LogP contribution is -2.49. The molecule has 0 aromatic carbocycles. The Labute approximate surface area is 167 Å². The van der Waals surface area contributed by atoms with Crippen LogP contribution in [-0.4, -0.2) is 50.2 Å². The first kappa shape index (κ1) is 26.4. The molecule has 0 unspecified atom stereocenters. The first-order chi connectivity index (χ1) is 11.9. The molecule has 0 radical (unpaired) electrons. The van der Waals surface area contributed by atoms with Gasteiger partial charge in [-0.15, -0.1) is 0 Å². The Morgan fingerprint density at radius 3 is 2.00 bits per heavy atom. The zero-order valence-electron chi connectivity index (χ0n) is 19.4. The summed E-state index contributed by atoms with van der Waals surface area (Å²) in [6.45, 7) is 22.5. The highest BCUT2D eigenvalue weighted by molar-refractivity contribution is 6.74. The van der Waals surface area contributed by atoms with Gasteiger partial charge in [-0.25, -0.2) is 4.79 Å². The number of carbonyl (C=O) groups excluding carboxylic acids is 1. The van der Waals surface area contributed by atoms with Gasteiger partial charge in [0.2, 0.25) is 0 Å². The Hall–Kier alpha value is -0.633. The Kier molecular flexibility index (Phi) is 9.49. The summed E-state index contributed by atoms with van der Waals surface area (Å²) in [7, 11) is -1.95. The molecule has 0 aliphatic carbocycles. The van der Waals surface area contributed by atoms with Crippen LogP contribution in [0.1, 0.15) is 68.7 Å². The van der Waals surface area contributed by atoms with Crippen LogP contribution in [0.2, 0.25) is 18.1 Å². The van der Waals surface area contributed by atoms with Gasteiger partial charge in [-0.05, 0) is 59.2 Å². The number of aliphatic hydroxyl groups is 1. The maximum Gasteiger partial charge on any atom is 0.409 e. The van der Waals surface area contributed by atoms with E-state index in [2.05, 4.69) is 39.2 Å². The number of aliphatic hydroxyl groups excluding tert-OH is 1. The van der Waals surface area contributed by atoms with Gasteiger partial charge in [-0.1, -0.05) is 27.7 Å². The van der Waals surface area contributed by atoms with Crippen molar-refractivity contribution in [3.05, 3.63) is 0 Å². The minimum Gasteiger partial charge on any atom is -0.444 e. The van der Waals surface area contributed by atoms with Crippen molar-refractivity contribution in [3.63, 3.8) is 0 Å². The van der Waals surface area contributed by atoms with Crippen LogP contribution < -0.4 is 5.32 Å². The minimum atomic E-state index is -1.95. The lowest BCUT2D eigenvalue weighted by atomic mass is 10.0. The molecule has 0 bridgehead atoms. The van der Waals surface area contributed by atoms with Crippen molar-refractivity contribution in [1.82, 2.24) is 5.32 Å². The minimum absolute atomic E-state index is 0.0182. The highest BCUT2D eigenvalue weighted by Gasteiger charge is 2.40. The van der Waals surface area contributed by atoms with Gasteiger partial charge >= 0.3 is 6.09 Å². The van der Waals surface area contributed by atoms with E-state index in [1.807, 2.05) is 27.7 Å². The molecule has 0 saturated heterocycles. The van der Waals surface area contributed by atoms with Crippen molar-refractivity contribution in [3.8, 4) is 0 Å². The molecule has 1 amide bonds. The molecule has 0 aromatic rings. The first-order valence-corrected chi connectivity index (χ1v) is 12.7. The summed E-state index contributed by atoms with van der Waals surface area (Å²) >= 11 is 0. The van der Waals surface area contributed by atoms with Gasteiger partial charge in [0.15, 0.2) is 8.32 Å². The van der Waals surface area contributed by atoms with Crippen LogP contribution in [0.3, 0.4) is 0 Å². The van der Waals surface area contributed by atoms with Crippen molar-refractivity contribution < 1.29 is 23.8 Å². The van der Waals surface area contributed by atoms with Crippen molar-refractivity contribution in [2.24, 2.45) is 5.92 Å². The molecule has 7 heteroatoms. The molecule has 0 aromatic heterocycles. The summed E-state index contributed by atoms with van der Waals surface area (Å²) in [6, 6.07) is 0. The van der Waals surface area contributed by atoms with E-state index in [1.165, 1.54) is 0 Å². The highest BCUT2D eigenvalue weighted by atomic mass is 28.4. The Morgan fingerprint density at radius 2 is 1.59 bits per heavy atom. The summed E-state index contributed by atoms with van der Waals surface area (Å²) in [6.07, 6.45) is 0.0479. The second kappa shape index (κ2) is 9.72. The molecule has 27 heavy (non-hydrogen) atoms. The molecule has 2 atom stereocenters. The molecule has 0 saturated carbocycles. The van der Waals surface area contributed by atoms with E-state index in [9.17, 15) is 9.90 Å². The standard InChI is InChI=1S/C20H43NO5Si/c1-15(14-22)16(26-27(10,11)19(5,6)7)12-13-24-20(8,9)21-17(23)25-18(2,3)4/h15-16,22H,12-14H2,1-11H3,(H,21,23)/t15-,16-/m0/s1. The molecule has 2 N–H and O–H groups in total. The van der Waals surface area contributed by atoms with E-state index >= 15 is 0 Å². The summed E-state index contributed by atoms with van der Waals surface area (Å²) in [5.74, 6) is 0.0182. The third-order valence-corrected chi connectivity index (χ3v) is 9.35. The number of alkyl carbamates (subject to hydrolysis) is 1. The Morgan fingerprint density at radius 1 is 1.07 bits per heavy atom. The van der Waals surface area contributed by atoms with Crippen LogP contribution >= 0.6 is 0 Å². The van der Waals surface area contributed by atoms with Crippen LogP contribution in [0, 0.1) is 5.92 Å². The maximum atomic E-state index is 12.0. The van der Waals surface area contributed by atoms with E-state index in [-0.39, 0.29) is 23.7 Å². The molecule has 162 valence electrons. The van der Waals surface area contributed by atoms with Gasteiger partial charge in [0, 0.05) is 12.5 Å². The van der Waals surface area contributed by atoms with Crippen LogP contribution in [0.5, 0.6) is 0 Å². The normalized spacial score (nSPS) is 16.0. The van der Waals surface area contributed by atoms with E-state index in [0.29, 0.717) is 13.0 Å². The van der Waals surface area contributed by atoms with Gasteiger partial charge < -0.3 is 19.0 Å². The van der Waals surface area contributed by atoms with Gasteiger partial charge in [0.1, 0.15) is 11.3 Å². The molecule has 0 fully saturated rings. The number of rotatable bonds is 9. The molecule has 0 spiro atoms. The number of carbonyl (C=O) groups is 1. The average Bonchev–Trinajstić information content (AvgIpc) is 2.40. The first-order valence-electron chi connectivity index (χ1n) is 9.84. The van der Waals surface area contributed by atoms with Crippen LogP contribution in [0.15, 0.2) is 0 Å². The summed E-state index contributed by atoms with van der Waals surface area (Å²) in [5, 5.41) is 12.4. The Balaban J connectivity index is 4.78. The fourth-order valence-corrected chi connectivity index (χ4v) is 3.61. The predicted octanol–water partition coefficient (Wildman–Crippen LogP) is 4.67. The van der Waals surface area contributed by atoms with E-state index in [0.717, 1.165) is 0 Å². The number of ether oxygens (including phenoxy) is 2. The number of hydrogen-bond donors (Lipinski definition) is 2. The topological polar surface area (TPSA) is 77.0 Å². The summed E-state index contributed by atoms with van der Waals surface area (Å²) < 4.78 is 17.7. The van der Waals surface area contributed by atoms with Gasteiger partial charge in [0.05, 0.1) is 12.7 Å². The van der Waals surface area contributed by atoms with E-state index in [4.69, 9.17) is 13.9 Å². The molecule has 0 aliphatic heterocycles. The van der Waals surface area contributed by atoms with Crippen LogP contribution in [0.25, 0.3) is 0 Å². The van der Waals surface area contributed by atoms with Gasteiger partial charge in [0.25, 0.3) is 0 Å².